The number of fused-ring (bicyclic) bond motifs is 1. The summed E-state index contributed by atoms with van der Waals surface area (Å²) in [6.07, 6.45) is 0. The van der Waals surface area contributed by atoms with Crippen molar-refractivity contribution in [3.05, 3.63) is 81.9 Å². The number of rotatable bonds is 4. The number of halogens is 1. The molecule has 0 radical (unpaired) electrons. The van der Waals surface area contributed by atoms with E-state index in [0.29, 0.717) is 0 Å². The molecular weight excluding hydrogens is 415 g/mol. The number of para-hydroxylation sites is 1. The number of carbonyl (C=O) groups is 2. The molecule has 0 unspecified atom stereocenters. The van der Waals surface area contributed by atoms with Crippen molar-refractivity contribution >= 4 is 33.3 Å². The van der Waals surface area contributed by atoms with Crippen LogP contribution in [0.2, 0.25) is 0 Å². The first-order valence-electron chi connectivity index (χ1n) is 8.48. The van der Waals surface area contributed by atoms with Gasteiger partial charge in [-0.15, -0.1) is 0 Å². The van der Waals surface area contributed by atoms with E-state index in [1.54, 1.807) is 0 Å². The third-order valence-corrected chi connectivity index (χ3v) is 5.86. The standard InChI is InChI=1S/C19H13FN4O5S/c20-13-3-1-2-4-14(13)23-30(28,29)11-7-5-10(6-8-11)24-15(25)9-12-16(17(24)21)19(27)22-18(12)26/h1-9,23H,21H2,(H,22,26,27). The summed E-state index contributed by atoms with van der Waals surface area (Å²) in [7, 11) is -4.10. The van der Waals surface area contributed by atoms with Crippen LogP contribution in [0.4, 0.5) is 15.9 Å². The normalized spacial score (nSPS) is 13.1. The van der Waals surface area contributed by atoms with Gasteiger partial charge in [-0.05, 0) is 36.4 Å². The molecule has 1 aliphatic rings. The van der Waals surface area contributed by atoms with E-state index in [1.807, 2.05) is 0 Å². The first-order chi connectivity index (χ1) is 14.2. The van der Waals surface area contributed by atoms with Gasteiger partial charge in [0.25, 0.3) is 27.4 Å². The molecule has 3 aromatic rings. The number of pyridine rings is 1. The lowest BCUT2D eigenvalue weighted by molar-refractivity contribution is 0.0880. The molecule has 0 aliphatic carbocycles. The van der Waals surface area contributed by atoms with E-state index in [2.05, 4.69) is 10.0 Å². The quantitative estimate of drug-likeness (QED) is 0.534. The molecule has 2 amide bonds. The number of sulfonamides is 1. The van der Waals surface area contributed by atoms with Gasteiger partial charge in [0.05, 0.1) is 27.4 Å². The maximum atomic E-state index is 13.7. The Morgan fingerprint density at radius 2 is 1.63 bits per heavy atom. The van der Waals surface area contributed by atoms with Crippen molar-refractivity contribution < 1.29 is 22.4 Å². The number of imide groups is 1. The Bertz CT molecular complexity index is 1380. The Hall–Kier alpha value is -3.99. The van der Waals surface area contributed by atoms with E-state index in [-0.39, 0.29) is 33.2 Å². The minimum atomic E-state index is -4.10. The van der Waals surface area contributed by atoms with Crippen LogP contribution in [0, 0.1) is 5.82 Å². The Labute approximate surface area is 169 Å². The Balaban J connectivity index is 1.72. The molecule has 2 aromatic carbocycles. The van der Waals surface area contributed by atoms with Crippen molar-refractivity contribution in [1.82, 2.24) is 9.88 Å². The number of nitrogen functional groups attached to an aromatic ring is 1. The maximum Gasteiger partial charge on any atom is 0.262 e. The molecule has 30 heavy (non-hydrogen) atoms. The van der Waals surface area contributed by atoms with Crippen LogP contribution in [0.15, 0.2) is 64.3 Å². The monoisotopic (exact) mass is 428 g/mol. The second-order valence-corrected chi connectivity index (χ2v) is 8.04. The lowest BCUT2D eigenvalue weighted by atomic mass is 10.1. The predicted octanol–water partition coefficient (Wildman–Crippen LogP) is 1.24. The van der Waals surface area contributed by atoms with Crippen molar-refractivity contribution in [1.29, 1.82) is 0 Å². The second kappa shape index (κ2) is 6.81. The number of hydrogen-bond acceptors (Lipinski definition) is 6. The molecule has 0 bridgehead atoms. The topological polar surface area (TPSA) is 140 Å². The Morgan fingerprint density at radius 1 is 0.967 bits per heavy atom. The fourth-order valence-corrected chi connectivity index (χ4v) is 4.13. The molecule has 4 rings (SSSR count). The summed E-state index contributed by atoms with van der Waals surface area (Å²) in [5.74, 6) is -2.43. The minimum Gasteiger partial charge on any atom is -0.384 e. The van der Waals surface area contributed by atoms with Crippen molar-refractivity contribution in [3.8, 4) is 5.69 Å². The third kappa shape index (κ3) is 3.10. The van der Waals surface area contributed by atoms with Gasteiger partial charge in [0.2, 0.25) is 0 Å². The number of amides is 2. The number of benzene rings is 2. The van der Waals surface area contributed by atoms with Crippen molar-refractivity contribution in [2.24, 2.45) is 0 Å². The number of hydrogen-bond donors (Lipinski definition) is 3. The molecule has 0 saturated carbocycles. The van der Waals surface area contributed by atoms with E-state index in [0.717, 1.165) is 16.7 Å². The number of nitrogens with two attached hydrogens (primary N) is 1. The van der Waals surface area contributed by atoms with Crippen molar-refractivity contribution in [2.45, 2.75) is 4.90 Å². The number of nitrogens with one attached hydrogen (secondary N) is 2. The highest BCUT2D eigenvalue weighted by atomic mass is 32.2. The summed E-state index contributed by atoms with van der Waals surface area (Å²) in [5, 5.41) is 2.06. The van der Waals surface area contributed by atoms with E-state index < -0.39 is 33.2 Å². The molecule has 4 N–H and O–H groups in total. The Morgan fingerprint density at radius 3 is 2.30 bits per heavy atom. The first kappa shape index (κ1) is 19.3. The summed E-state index contributed by atoms with van der Waals surface area (Å²) >= 11 is 0. The van der Waals surface area contributed by atoms with Gasteiger partial charge >= 0.3 is 0 Å². The SMILES string of the molecule is Nc1c2c(cc(=O)n1-c1ccc(S(=O)(=O)Nc3ccccc3F)cc1)C(=O)NC2=O. The van der Waals surface area contributed by atoms with E-state index in [4.69, 9.17) is 5.73 Å². The molecule has 152 valence electrons. The molecule has 0 atom stereocenters. The highest BCUT2D eigenvalue weighted by Crippen LogP contribution is 2.24. The minimum absolute atomic E-state index is 0.118. The average molecular weight is 428 g/mol. The first-order valence-corrected chi connectivity index (χ1v) is 9.96. The van der Waals surface area contributed by atoms with Gasteiger partial charge in [-0.25, -0.2) is 12.8 Å². The molecular formula is C19H13FN4O5S. The summed E-state index contributed by atoms with van der Waals surface area (Å²) in [5.41, 5.74) is 4.99. The van der Waals surface area contributed by atoms with Gasteiger partial charge in [-0.1, -0.05) is 12.1 Å². The molecule has 0 saturated heterocycles. The number of carbonyl (C=O) groups excluding carboxylic acids is 2. The molecule has 0 fully saturated rings. The predicted molar refractivity (Wildman–Crippen MR) is 105 cm³/mol. The smallest absolute Gasteiger partial charge is 0.262 e. The van der Waals surface area contributed by atoms with Gasteiger partial charge in [-0.3, -0.25) is 29.0 Å². The van der Waals surface area contributed by atoms with E-state index in [1.165, 1.54) is 42.5 Å². The van der Waals surface area contributed by atoms with E-state index in [9.17, 15) is 27.2 Å². The van der Waals surface area contributed by atoms with Gasteiger partial charge in [0.1, 0.15) is 11.6 Å². The molecule has 2 heterocycles. The average Bonchev–Trinajstić information content (AvgIpc) is 2.97. The van der Waals surface area contributed by atoms with Gasteiger partial charge < -0.3 is 5.73 Å². The Kier molecular flexibility index (Phi) is 4.39. The number of aromatic nitrogens is 1. The van der Waals surface area contributed by atoms with Crippen LogP contribution >= 0.6 is 0 Å². The van der Waals surface area contributed by atoms with Crippen LogP contribution in [0.1, 0.15) is 20.7 Å². The zero-order valence-corrected chi connectivity index (χ0v) is 15.9. The van der Waals surface area contributed by atoms with E-state index >= 15 is 0 Å². The lowest BCUT2D eigenvalue weighted by Gasteiger charge is -2.13. The number of nitrogens with zero attached hydrogens (tertiary/aromatic N) is 1. The van der Waals surface area contributed by atoms with Crippen LogP contribution in [0.25, 0.3) is 5.69 Å². The summed E-state index contributed by atoms with van der Waals surface area (Å²) in [4.78, 5) is 35.9. The molecule has 1 aliphatic heterocycles. The van der Waals surface area contributed by atoms with Crippen molar-refractivity contribution in [3.63, 3.8) is 0 Å². The maximum absolute atomic E-state index is 13.7. The fraction of sp³-hybridized carbons (Fsp3) is 0. The van der Waals surface area contributed by atoms with Crippen LogP contribution in [-0.2, 0) is 10.0 Å². The second-order valence-electron chi connectivity index (χ2n) is 6.35. The van der Waals surface area contributed by atoms with Crippen LogP contribution in [0.3, 0.4) is 0 Å². The molecule has 0 spiro atoms. The molecule has 9 nitrogen and oxygen atoms in total. The largest absolute Gasteiger partial charge is 0.384 e. The highest BCUT2D eigenvalue weighted by Gasteiger charge is 2.31. The van der Waals surface area contributed by atoms with Gasteiger partial charge in [-0.2, -0.15) is 0 Å². The van der Waals surface area contributed by atoms with Crippen LogP contribution < -0.4 is 21.3 Å². The van der Waals surface area contributed by atoms with Crippen molar-refractivity contribution in [2.75, 3.05) is 10.5 Å². The summed E-state index contributed by atoms with van der Waals surface area (Å²) in [6, 6.07) is 11.3. The van der Waals surface area contributed by atoms with Gasteiger partial charge in [0, 0.05) is 6.07 Å². The zero-order chi connectivity index (χ0) is 21.6. The fourth-order valence-electron chi connectivity index (χ4n) is 3.07. The summed E-state index contributed by atoms with van der Waals surface area (Å²) < 4.78 is 41.9. The lowest BCUT2D eigenvalue weighted by Crippen LogP contribution is -2.24. The third-order valence-electron chi connectivity index (χ3n) is 4.48. The van der Waals surface area contributed by atoms with Crippen LogP contribution in [-0.4, -0.2) is 24.8 Å². The molecule has 11 heteroatoms. The molecule has 1 aromatic heterocycles. The summed E-state index contributed by atoms with van der Waals surface area (Å²) in [6.45, 7) is 0. The zero-order valence-electron chi connectivity index (χ0n) is 15.0. The van der Waals surface area contributed by atoms with Gasteiger partial charge in [0.15, 0.2) is 0 Å². The number of anilines is 2. The highest BCUT2D eigenvalue weighted by molar-refractivity contribution is 7.92. The van der Waals surface area contributed by atoms with Crippen LogP contribution in [0.5, 0.6) is 0 Å².